The zero-order valence-corrected chi connectivity index (χ0v) is 13.5. The van der Waals surface area contributed by atoms with Crippen molar-refractivity contribution in [2.75, 3.05) is 13.1 Å². The second-order valence-corrected chi connectivity index (χ2v) is 6.64. The number of carbonyl (C=O) groups is 1. The number of nitrogens with zero attached hydrogens (tertiary/aromatic N) is 2. The molecule has 1 amide bonds. The summed E-state index contributed by atoms with van der Waals surface area (Å²) in [5.41, 5.74) is 0.373. The van der Waals surface area contributed by atoms with Gasteiger partial charge in [-0.05, 0) is 33.8 Å². The molecule has 0 unspecified atom stereocenters. The molecule has 1 rings (SSSR count). The van der Waals surface area contributed by atoms with Gasteiger partial charge in [0.15, 0.2) is 0 Å². The lowest BCUT2D eigenvalue weighted by Gasteiger charge is -2.18. The average molecular weight is 301 g/mol. The maximum absolute atomic E-state index is 12.3. The minimum Gasteiger partial charge on any atom is -0.345 e. The van der Waals surface area contributed by atoms with Crippen LogP contribution in [0.5, 0.6) is 0 Å². The standard InChI is InChI=1S/C13H23N3O3S/c1-6-16(7-2)13(17)12-8-11(9-15(12)5)20(18,19)14-10(3)4/h8-10,14H,6-7H2,1-5H3. The second-order valence-electron chi connectivity index (χ2n) is 4.93. The molecule has 0 aromatic carbocycles. The smallest absolute Gasteiger partial charge is 0.270 e. The van der Waals surface area contributed by atoms with Gasteiger partial charge in [-0.2, -0.15) is 0 Å². The van der Waals surface area contributed by atoms with Gasteiger partial charge in [0.05, 0.1) is 0 Å². The quantitative estimate of drug-likeness (QED) is 0.858. The Morgan fingerprint density at radius 3 is 2.35 bits per heavy atom. The van der Waals surface area contributed by atoms with E-state index in [1.165, 1.54) is 12.3 Å². The lowest BCUT2D eigenvalue weighted by atomic mass is 10.3. The monoisotopic (exact) mass is 301 g/mol. The Morgan fingerprint density at radius 2 is 1.90 bits per heavy atom. The maximum Gasteiger partial charge on any atom is 0.270 e. The molecule has 6 nitrogen and oxygen atoms in total. The molecule has 0 radical (unpaired) electrons. The molecule has 7 heteroatoms. The third kappa shape index (κ3) is 3.61. The highest BCUT2D eigenvalue weighted by Crippen LogP contribution is 2.15. The molecule has 1 N–H and O–H groups in total. The molecule has 0 aliphatic rings. The van der Waals surface area contributed by atoms with Crippen LogP contribution in [0.2, 0.25) is 0 Å². The molecule has 1 aromatic heterocycles. The lowest BCUT2D eigenvalue weighted by Crippen LogP contribution is -2.31. The normalized spacial score (nSPS) is 11.9. The van der Waals surface area contributed by atoms with Crippen molar-refractivity contribution in [3.63, 3.8) is 0 Å². The molecular weight excluding hydrogens is 278 g/mol. The Labute approximate surface area is 120 Å². The Balaban J connectivity index is 3.14. The van der Waals surface area contributed by atoms with Crippen molar-refractivity contribution >= 4 is 15.9 Å². The first-order valence-corrected chi connectivity index (χ1v) is 8.19. The van der Waals surface area contributed by atoms with Gasteiger partial charge in [-0.15, -0.1) is 0 Å². The summed E-state index contributed by atoms with van der Waals surface area (Å²) in [5.74, 6) is -0.163. The molecule has 0 atom stereocenters. The van der Waals surface area contributed by atoms with Crippen molar-refractivity contribution in [2.45, 2.75) is 38.6 Å². The fourth-order valence-electron chi connectivity index (χ4n) is 1.94. The van der Waals surface area contributed by atoms with Gasteiger partial charge in [0.1, 0.15) is 10.6 Å². The molecule has 0 aliphatic carbocycles. The van der Waals surface area contributed by atoms with Gasteiger partial charge in [-0.1, -0.05) is 0 Å². The number of hydrogen-bond donors (Lipinski definition) is 1. The summed E-state index contributed by atoms with van der Waals surface area (Å²) in [5, 5.41) is 0. The number of rotatable bonds is 6. The van der Waals surface area contributed by atoms with Gasteiger partial charge in [-0.3, -0.25) is 4.79 Å². The lowest BCUT2D eigenvalue weighted by molar-refractivity contribution is 0.0763. The number of amides is 1. The van der Waals surface area contributed by atoms with E-state index in [9.17, 15) is 13.2 Å². The van der Waals surface area contributed by atoms with Crippen molar-refractivity contribution in [3.8, 4) is 0 Å². The summed E-state index contributed by atoms with van der Waals surface area (Å²) in [6.07, 6.45) is 1.46. The molecule has 0 aliphatic heterocycles. The summed E-state index contributed by atoms with van der Waals surface area (Å²) in [6.45, 7) is 8.47. The summed E-state index contributed by atoms with van der Waals surface area (Å²) in [7, 11) is -1.90. The third-order valence-electron chi connectivity index (χ3n) is 2.95. The molecule has 1 heterocycles. The van der Waals surface area contributed by atoms with Crippen molar-refractivity contribution in [2.24, 2.45) is 7.05 Å². The van der Waals surface area contributed by atoms with Crippen LogP contribution in [0.1, 0.15) is 38.2 Å². The van der Waals surface area contributed by atoms with Crippen LogP contribution in [0.4, 0.5) is 0 Å². The van der Waals surface area contributed by atoms with E-state index < -0.39 is 10.0 Å². The van der Waals surface area contributed by atoms with Gasteiger partial charge in [0.25, 0.3) is 5.91 Å². The summed E-state index contributed by atoms with van der Waals surface area (Å²) < 4.78 is 28.2. The summed E-state index contributed by atoms with van der Waals surface area (Å²) >= 11 is 0. The minimum atomic E-state index is -3.58. The largest absolute Gasteiger partial charge is 0.345 e. The first kappa shape index (κ1) is 16.7. The van der Waals surface area contributed by atoms with E-state index in [0.29, 0.717) is 18.8 Å². The van der Waals surface area contributed by atoms with E-state index in [-0.39, 0.29) is 16.8 Å². The molecular formula is C13H23N3O3S. The van der Waals surface area contributed by atoms with Crippen molar-refractivity contribution < 1.29 is 13.2 Å². The zero-order valence-electron chi connectivity index (χ0n) is 12.7. The van der Waals surface area contributed by atoms with Crippen LogP contribution in [0.3, 0.4) is 0 Å². The van der Waals surface area contributed by atoms with Crippen molar-refractivity contribution in [1.29, 1.82) is 0 Å². The van der Waals surface area contributed by atoms with Gasteiger partial charge in [0.2, 0.25) is 10.0 Å². The Morgan fingerprint density at radius 1 is 1.35 bits per heavy atom. The highest BCUT2D eigenvalue weighted by atomic mass is 32.2. The number of hydrogen-bond acceptors (Lipinski definition) is 3. The second kappa shape index (κ2) is 6.41. The summed E-state index contributed by atoms with van der Waals surface area (Å²) in [6, 6.07) is 1.23. The highest BCUT2D eigenvalue weighted by Gasteiger charge is 2.23. The third-order valence-corrected chi connectivity index (χ3v) is 4.58. The van der Waals surface area contributed by atoms with Gasteiger partial charge >= 0.3 is 0 Å². The van der Waals surface area contributed by atoms with Crippen LogP contribution >= 0.6 is 0 Å². The van der Waals surface area contributed by atoms with Crippen LogP contribution in [0.15, 0.2) is 17.2 Å². The number of sulfonamides is 1. The van der Waals surface area contributed by atoms with E-state index in [1.54, 1.807) is 30.4 Å². The van der Waals surface area contributed by atoms with Crippen LogP contribution < -0.4 is 4.72 Å². The Kier molecular flexibility index (Phi) is 5.35. The predicted octanol–water partition coefficient (Wildman–Crippen LogP) is 1.19. The van der Waals surface area contributed by atoms with Crippen LogP contribution in [0, 0.1) is 0 Å². The van der Waals surface area contributed by atoms with Gasteiger partial charge < -0.3 is 9.47 Å². The molecule has 0 spiro atoms. The van der Waals surface area contributed by atoms with Gasteiger partial charge in [0, 0.05) is 32.4 Å². The number of carbonyl (C=O) groups excluding carboxylic acids is 1. The van der Waals surface area contributed by atoms with E-state index in [4.69, 9.17) is 0 Å². The van der Waals surface area contributed by atoms with E-state index in [2.05, 4.69) is 4.72 Å². The van der Waals surface area contributed by atoms with Crippen LogP contribution in [0.25, 0.3) is 0 Å². The van der Waals surface area contributed by atoms with E-state index >= 15 is 0 Å². The van der Waals surface area contributed by atoms with Crippen molar-refractivity contribution in [3.05, 3.63) is 18.0 Å². The molecule has 0 saturated carbocycles. The number of nitrogens with one attached hydrogen (secondary N) is 1. The van der Waals surface area contributed by atoms with E-state index in [1.807, 2.05) is 13.8 Å². The predicted molar refractivity (Wildman–Crippen MR) is 78.1 cm³/mol. The molecule has 114 valence electrons. The summed E-state index contributed by atoms with van der Waals surface area (Å²) in [4.78, 5) is 14.0. The Hall–Kier alpha value is -1.34. The Bertz CT molecular complexity index is 572. The van der Waals surface area contributed by atoms with E-state index in [0.717, 1.165) is 0 Å². The number of aryl methyl sites for hydroxylation is 1. The first-order valence-electron chi connectivity index (χ1n) is 6.70. The molecule has 0 fully saturated rings. The molecule has 1 aromatic rings. The fraction of sp³-hybridized carbons (Fsp3) is 0.615. The average Bonchev–Trinajstić information content (AvgIpc) is 2.72. The molecule has 20 heavy (non-hydrogen) atoms. The highest BCUT2D eigenvalue weighted by molar-refractivity contribution is 7.89. The number of aromatic nitrogens is 1. The topological polar surface area (TPSA) is 71.4 Å². The van der Waals surface area contributed by atoms with Crippen LogP contribution in [-0.4, -0.2) is 42.9 Å². The fourth-order valence-corrected chi connectivity index (χ4v) is 3.27. The first-order chi connectivity index (χ1) is 9.22. The molecule has 0 saturated heterocycles. The zero-order chi connectivity index (χ0) is 15.5. The maximum atomic E-state index is 12.3. The van der Waals surface area contributed by atoms with Gasteiger partial charge in [-0.25, -0.2) is 13.1 Å². The van der Waals surface area contributed by atoms with Crippen molar-refractivity contribution in [1.82, 2.24) is 14.2 Å². The molecule has 0 bridgehead atoms. The van der Waals surface area contributed by atoms with Crippen LogP contribution in [-0.2, 0) is 17.1 Å². The minimum absolute atomic E-state index is 0.115. The SMILES string of the molecule is CCN(CC)C(=O)c1cc(S(=O)(=O)NC(C)C)cn1C.